The number of hydrogen-bond donors (Lipinski definition) is 2. The summed E-state index contributed by atoms with van der Waals surface area (Å²) in [5.41, 5.74) is 0.00239. The minimum Gasteiger partial charge on any atom is -0.332 e. The van der Waals surface area contributed by atoms with Crippen molar-refractivity contribution in [1.82, 2.24) is 0 Å². The number of para-hydroxylation sites is 1. The second-order valence-electron chi connectivity index (χ2n) is 5.60. The smallest absolute Gasteiger partial charge is 0.332 e. The maximum atomic E-state index is 13.0. The van der Waals surface area contributed by atoms with E-state index in [0.29, 0.717) is 0 Å². The molecule has 0 fully saturated rings. The van der Waals surface area contributed by atoms with E-state index < -0.39 is 17.6 Å². The molecule has 1 amide bonds. The number of hydrogen-bond acceptors (Lipinski definition) is 1. The van der Waals surface area contributed by atoms with Crippen LogP contribution in [0.2, 0.25) is 0 Å². The van der Waals surface area contributed by atoms with Gasteiger partial charge in [-0.05, 0) is 24.3 Å². The Kier molecular flexibility index (Phi) is 6.61. The van der Waals surface area contributed by atoms with Crippen LogP contribution in [0.4, 0.5) is 18.9 Å². The van der Waals surface area contributed by atoms with Crippen molar-refractivity contribution in [2.24, 2.45) is 0 Å². The molecule has 0 aromatic heterocycles. The Balaban J connectivity index is 2.00. The molecule has 0 radical (unpaired) electrons. The Morgan fingerprint density at radius 1 is 1.16 bits per heavy atom. The fourth-order valence-electron chi connectivity index (χ4n) is 2.54. The summed E-state index contributed by atoms with van der Waals surface area (Å²) in [6, 6.07) is 12.8. The van der Waals surface area contributed by atoms with Crippen LogP contribution in [0, 0.1) is 0 Å². The molecule has 0 aliphatic heterocycles. The molecular weight excluding hydrogens is 397 g/mol. The molecule has 0 unspecified atom stereocenters. The second kappa shape index (κ2) is 8.49. The lowest BCUT2D eigenvalue weighted by molar-refractivity contribution is -0.686. The lowest BCUT2D eigenvalue weighted by Crippen LogP contribution is -2.87. The monoisotopic (exact) mass is 415 g/mol. The number of anilines is 1. The number of benzene rings is 2. The van der Waals surface area contributed by atoms with Crippen LogP contribution < -0.4 is 10.6 Å². The third-order valence-corrected chi connectivity index (χ3v) is 4.36. The van der Waals surface area contributed by atoms with Crippen molar-refractivity contribution in [1.29, 1.82) is 0 Å². The first-order valence-electron chi connectivity index (χ1n) is 7.86. The van der Waals surface area contributed by atoms with Crippen molar-refractivity contribution in [3.63, 3.8) is 0 Å². The van der Waals surface area contributed by atoms with Crippen LogP contribution in [0.15, 0.2) is 53.0 Å². The normalized spacial score (nSPS) is 12.7. The SMILES string of the molecule is CC[C@H]([NH2+]CC(=O)Nc1ccccc1C(F)(F)F)c1ccc(Br)cc1. The third kappa shape index (κ3) is 5.57. The number of halogens is 4. The first-order valence-corrected chi connectivity index (χ1v) is 8.65. The van der Waals surface area contributed by atoms with Gasteiger partial charge in [-0.2, -0.15) is 13.2 Å². The second-order valence-corrected chi connectivity index (χ2v) is 6.51. The predicted molar refractivity (Wildman–Crippen MR) is 94.0 cm³/mol. The van der Waals surface area contributed by atoms with Crippen LogP contribution in [0.25, 0.3) is 0 Å². The Labute approximate surface area is 152 Å². The summed E-state index contributed by atoms with van der Waals surface area (Å²) in [5, 5.41) is 4.19. The zero-order valence-electron chi connectivity index (χ0n) is 13.6. The van der Waals surface area contributed by atoms with Crippen LogP contribution in [0.1, 0.15) is 30.5 Å². The molecule has 0 aliphatic rings. The molecule has 0 spiro atoms. The zero-order valence-corrected chi connectivity index (χ0v) is 15.2. The fraction of sp³-hybridized carbons (Fsp3) is 0.278. The van der Waals surface area contributed by atoms with E-state index in [1.54, 1.807) is 0 Å². The average Bonchev–Trinajstić information content (AvgIpc) is 2.56. The minimum absolute atomic E-state index is 0.0424. The van der Waals surface area contributed by atoms with Gasteiger partial charge in [0.1, 0.15) is 6.04 Å². The third-order valence-electron chi connectivity index (χ3n) is 3.83. The Morgan fingerprint density at radius 3 is 2.40 bits per heavy atom. The number of carbonyl (C=O) groups is 1. The van der Waals surface area contributed by atoms with Gasteiger partial charge in [0.2, 0.25) is 0 Å². The summed E-state index contributed by atoms with van der Waals surface area (Å²) in [5.74, 6) is -0.465. The Morgan fingerprint density at radius 2 is 1.80 bits per heavy atom. The number of carbonyl (C=O) groups excluding carboxylic acids is 1. The van der Waals surface area contributed by atoms with E-state index in [4.69, 9.17) is 0 Å². The molecule has 0 aliphatic carbocycles. The van der Waals surface area contributed by atoms with Gasteiger partial charge in [-0.25, -0.2) is 0 Å². The van der Waals surface area contributed by atoms with Gasteiger partial charge in [-0.3, -0.25) is 4.79 Å². The molecule has 3 N–H and O–H groups in total. The van der Waals surface area contributed by atoms with Crippen molar-refractivity contribution in [2.75, 3.05) is 11.9 Å². The first kappa shape index (κ1) is 19.5. The van der Waals surface area contributed by atoms with E-state index in [0.717, 1.165) is 22.5 Å². The number of nitrogens with two attached hydrogens (primary N) is 1. The standard InChI is InChI=1S/C18H18BrF3N2O/c1-2-15(12-7-9-13(19)10-8-12)23-11-17(25)24-16-6-4-3-5-14(16)18(20,21)22/h3-10,15,23H,2,11H2,1H3,(H,24,25)/p+1/t15-/m0/s1. The van der Waals surface area contributed by atoms with Crippen molar-refractivity contribution < 1.29 is 23.3 Å². The maximum absolute atomic E-state index is 13.0. The number of quaternary nitrogens is 1. The summed E-state index contributed by atoms with van der Waals surface area (Å²) in [4.78, 5) is 12.1. The summed E-state index contributed by atoms with van der Waals surface area (Å²) in [7, 11) is 0. The highest BCUT2D eigenvalue weighted by Gasteiger charge is 2.33. The summed E-state index contributed by atoms with van der Waals surface area (Å²) >= 11 is 3.37. The van der Waals surface area contributed by atoms with Crippen molar-refractivity contribution in [3.05, 3.63) is 64.1 Å². The predicted octanol–water partition coefficient (Wildman–Crippen LogP) is 4.12. The van der Waals surface area contributed by atoms with Gasteiger partial charge < -0.3 is 10.6 Å². The largest absolute Gasteiger partial charge is 0.418 e. The summed E-state index contributed by atoms with van der Waals surface area (Å²) in [6.07, 6.45) is -3.70. The molecule has 1 atom stereocenters. The molecule has 7 heteroatoms. The molecule has 134 valence electrons. The highest BCUT2D eigenvalue weighted by Crippen LogP contribution is 2.34. The number of amides is 1. The van der Waals surface area contributed by atoms with Crippen LogP contribution >= 0.6 is 15.9 Å². The Hall–Kier alpha value is -1.86. The van der Waals surface area contributed by atoms with E-state index in [9.17, 15) is 18.0 Å². The van der Waals surface area contributed by atoms with Gasteiger partial charge in [0.05, 0.1) is 11.3 Å². The van der Waals surface area contributed by atoms with E-state index in [1.165, 1.54) is 18.2 Å². The molecule has 0 heterocycles. The maximum Gasteiger partial charge on any atom is 0.418 e. The molecule has 0 saturated carbocycles. The van der Waals surface area contributed by atoms with E-state index in [2.05, 4.69) is 21.2 Å². The van der Waals surface area contributed by atoms with Gasteiger partial charge in [0.25, 0.3) is 5.91 Å². The number of alkyl halides is 3. The highest BCUT2D eigenvalue weighted by molar-refractivity contribution is 9.10. The molecule has 3 nitrogen and oxygen atoms in total. The molecule has 2 rings (SSSR count). The van der Waals surface area contributed by atoms with Crippen molar-refractivity contribution in [2.45, 2.75) is 25.6 Å². The van der Waals surface area contributed by atoms with Crippen LogP contribution in [0.5, 0.6) is 0 Å². The van der Waals surface area contributed by atoms with Gasteiger partial charge in [-0.15, -0.1) is 0 Å². The van der Waals surface area contributed by atoms with Gasteiger partial charge in [0.15, 0.2) is 6.54 Å². The quantitative estimate of drug-likeness (QED) is 0.731. The van der Waals surface area contributed by atoms with Gasteiger partial charge in [0, 0.05) is 16.5 Å². The summed E-state index contributed by atoms with van der Waals surface area (Å²) < 4.78 is 39.8. The van der Waals surface area contributed by atoms with Crippen LogP contribution in [0.3, 0.4) is 0 Å². The zero-order chi connectivity index (χ0) is 18.4. The summed E-state index contributed by atoms with van der Waals surface area (Å²) in [6.45, 7) is 2.04. The number of rotatable bonds is 6. The molecule has 2 aromatic carbocycles. The van der Waals surface area contributed by atoms with Crippen molar-refractivity contribution >= 4 is 27.5 Å². The molecular formula is C18H19BrF3N2O+. The van der Waals surface area contributed by atoms with Crippen molar-refractivity contribution in [3.8, 4) is 0 Å². The number of nitrogens with one attached hydrogen (secondary N) is 1. The van der Waals surface area contributed by atoms with Crippen LogP contribution in [-0.4, -0.2) is 12.5 Å². The average molecular weight is 416 g/mol. The van der Waals surface area contributed by atoms with E-state index in [1.807, 2.05) is 36.5 Å². The molecule has 0 bridgehead atoms. The first-order chi connectivity index (χ1) is 11.8. The fourth-order valence-corrected chi connectivity index (χ4v) is 2.80. The minimum atomic E-state index is -4.50. The van der Waals surface area contributed by atoms with Gasteiger partial charge >= 0.3 is 6.18 Å². The van der Waals surface area contributed by atoms with E-state index >= 15 is 0 Å². The van der Waals surface area contributed by atoms with Crippen LogP contribution in [-0.2, 0) is 11.0 Å². The highest BCUT2D eigenvalue weighted by atomic mass is 79.9. The lowest BCUT2D eigenvalue weighted by atomic mass is 10.0. The lowest BCUT2D eigenvalue weighted by Gasteiger charge is -2.16. The van der Waals surface area contributed by atoms with E-state index in [-0.39, 0.29) is 18.3 Å². The van der Waals surface area contributed by atoms with Gasteiger partial charge in [-0.1, -0.05) is 47.1 Å². The Bertz CT molecular complexity index is 717. The molecule has 0 saturated heterocycles. The topological polar surface area (TPSA) is 45.7 Å². The molecule has 25 heavy (non-hydrogen) atoms. The molecule has 2 aromatic rings.